The Morgan fingerprint density at radius 1 is 1.15 bits per heavy atom. The first-order valence-corrected chi connectivity index (χ1v) is 13.4. The Morgan fingerprint density at radius 2 is 1.97 bits per heavy atom. The summed E-state index contributed by atoms with van der Waals surface area (Å²) < 4.78 is 46.3. The number of thiazole rings is 1. The van der Waals surface area contributed by atoms with Crippen LogP contribution in [0.1, 0.15) is 17.8 Å². The van der Waals surface area contributed by atoms with Crippen molar-refractivity contribution in [3.8, 4) is 11.5 Å². The Morgan fingerprint density at radius 3 is 2.76 bits per heavy atom. The summed E-state index contributed by atoms with van der Waals surface area (Å²) in [6.07, 6.45) is 2.94. The third-order valence-corrected chi connectivity index (χ3v) is 7.92. The first-order chi connectivity index (χ1) is 16.3. The van der Waals surface area contributed by atoms with E-state index < -0.39 is 10.1 Å². The molecule has 9 heteroatoms. The predicted molar refractivity (Wildman–Crippen MR) is 135 cm³/mol. The molecule has 2 heterocycles. The molecule has 0 unspecified atom stereocenters. The van der Waals surface area contributed by atoms with Crippen LogP contribution in [0.25, 0.3) is 27.1 Å². The van der Waals surface area contributed by atoms with Gasteiger partial charge in [0.25, 0.3) is 15.1 Å². The largest absolute Gasteiger partial charge is 0.497 e. The number of benzene rings is 3. The molecule has 0 spiro atoms. The van der Waals surface area contributed by atoms with Crippen LogP contribution >= 0.6 is 11.3 Å². The number of unbranched alkanes of at least 4 members (excludes halogenated alkanes) is 1. The molecule has 5 rings (SSSR count). The highest BCUT2D eigenvalue weighted by molar-refractivity contribution is 7.85. The Labute approximate surface area is 202 Å². The van der Waals surface area contributed by atoms with Crippen molar-refractivity contribution in [2.24, 2.45) is 7.05 Å². The van der Waals surface area contributed by atoms with E-state index in [9.17, 15) is 8.42 Å². The molecule has 1 aliphatic heterocycles. The molecule has 3 aromatic carbocycles. The number of hydrogen-bond donors (Lipinski definition) is 1. The lowest BCUT2D eigenvalue weighted by Crippen LogP contribution is -2.30. The normalized spacial score (nSPS) is 14.7. The molecule has 0 radical (unpaired) electrons. The average Bonchev–Trinajstić information content (AvgIpc) is 3.32. The zero-order valence-electron chi connectivity index (χ0n) is 18.9. The van der Waals surface area contributed by atoms with Crippen molar-refractivity contribution in [3.05, 3.63) is 65.5 Å². The fourth-order valence-corrected chi connectivity index (χ4v) is 5.95. The van der Waals surface area contributed by atoms with Crippen molar-refractivity contribution in [2.45, 2.75) is 12.8 Å². The summed E-state index contributed by atoms with van der Waals surface area (Å²) in [7, 11) is -0.306. The standard InChI is InChI=1S/C25H24N2O5S2/c1-26-24(33-22-12-9-17-7-3-4-8-19(17)25(22)26)16-23-27(13-5-6-14-34(28,29)30)20-15-18(31-2)10-11-21(20)32-23/h3-4,7-12,15-16H,5-6,13-14H2,1-2H3/p+1. The fraction of sp³-hybridized carbons (Fsp3) is 0.240. The molecule has 4 aromatic rings. The van der Waals surface area contributed by atoms with E-state index in [1.807, 2.05) is 35.2 Å². The molecule has 0 amide bonds. The van der Waals surface area contributed by atoms with E-state index in [-0.39, 0.29) is 5.75 Å². The highest BCUT2D eigenvalue weighted by atomic mass is 32.2. The van der Waals surface area contributed by atoms with Gasteiger partial charge in [-0.15, -0.1) is 0 Å². The van der Waals surface area contributed by atoms with Crippen LogP contribution in [0.5, 0.6) is 11.5 Å². The maximum atomic E-state index is 11.1. The van der Waals surface area contributed by atoms with E-state index in [4.69, 9.17) is 14.0 Å². The molecule has 1 aromatic heterocycles. The van der Waals surface area contributed by atoms with Gasteiger partial charge >= 0.3 is 0 Å². The van der Waals surface area contributed by atoms with Gasteiger partial charge in [0.05, 0.1) is 30.0 Å². The molecule has 0 bridgehead atoms. The molecule has 0 fully saturated rings. The minimum Gasteiger partial charge on any atom is -0.497 e. The molecule has 176 valence electrons. The molecule has 1 aliphatic rings. The Balaban J connectivity index is 1.53. The predicted octanol–water partition coefficient (Wildman–Crippen LogP) is 4.75. The number of rotatable bonds is 7. The summed E-state index contributed by atoms with van der Waals surface area (Å²) in [6.45, 7) is 0.541. The van der Waals surface area contributed by atoms with Gasteiger partial charge in [-0.3, -0.25) is 4.55 Å². The molecule has 0 atom stereocenters. The van der Waals surface area contributed by atoms with E-state index in [2.05, 4.69) is 41.9 Å². The summed E-state index contributed by atoms with van der Waals surface area (Å²) in [5.74, 6) is 1.84. The van der Waals surface area contributed by atoms with Crippen LogP contribution in [0.4, 0.5) is 5.69 Å². The van der Waals surface area contributed by atoms with E-state index in [0.717, 1.165) is 16.4 Å². The second-order valence-electron chi connectivity index (χ2n) is 8.20. The molecule has 34 heavy (non-hydrogen) atoms. The Kier molecular flexibility index (Phi) is 5.93. The van der Waals surface area contributed by atoms with Gasteiger partial charge in [0.1, 0.15) is 17.5 Å². The maximum Gasteiger partial charge on any atom is 0.267 e. The minimum absolute atomic E-state index is 0.260. The second kappa shape index (κ2) is 8.90. The topological polar surface area (TPSA) is 80.0 Å². The summed E-state index contributed by atoms with van der Waals surface area (Å²) in [5, 5.41) is 3.43. The smallest absolute Gasteiger partial charge is 0.267 e. The number of fused-ring (bicyclic) bond motifs is 4. The van der Waals surface area contributed by atoms with Crippen molar-refractivity contribution in [1.82, 2.24) is 0 Å². The van der Waals surface area contributed by atoms with Crippen LogP contribution in [0, 0.1) is 0 Å². The summed E-state index contributed by atoms with van der Waals surface area (Å²) >= 11 is 1.69. The van der Waals surface area contributed by atoms with Crippen molar-refractivity contribution >= 4 is 54.2 Å². The van der Waals surface area contributed by atoms with Gasteiger partial charge < -0.3 is 14.4 Å². The number of aryl methyl sites for hydroxylation is 1. The first kappa shape index (κ1) is 22.6. The minimum atomic E-state index is -3.98. The zero-order valence-corrected chi connectivity index (χ0v) is 20.5. The monoisotopic (exact) mass is 497 g/mol. The summed E-state index contributed by atoms with van der Waals surface area (Å²) in [4.78, 5) is 2.03. The summed E-state index contributed by atoms with van der Waals surface area (Å²) in [6, 6.07) is 18.3. The van der Waals surface area contributed by atoms with Crippen LogP contribution in [0.15, 0.2) is 60.5 Å². The van der Waals surface area contributed by atoms with Crippen LogP contribution in [0.3, 0.4) is 0 Å². The van der Waals surface area contributed by atoms with E-state index >= 15 is 0 Å². The van der Waals surface area contributed by atoms with Crippen LogP contribution in [0.2, 0.25) is 0 Å². The van der Waals surface area contributed by atoms with Gasteiger partial charge in [-0.05, 0) is 42.5 Å². The Bertz CT molecular complexity index is 1530. The van der Waals surface area contributed by atoms with Gasteiger partial charge in [-0.25, -0.2) is 0 Å². The van der Waals surface area contributed by atoms with Crippen LogP contribution < -0.4 is 18.9 Å². The zero-order chi connectivity index (χ0) is 23.9. The van der Waals surface area contributed by atoms with Crippen molar-refractivity contribution in [2.75, 3.05) is 24.3 Å². The van der Waals surface area contributed by atoms with E-state index in [0.29, 0.717) is 31.0 Å². The average molecular weight is 498 g/mol. The van der Waals surface area contributed by atoms with Gasteiger partial charge in [0.2, 0.25) is 11.4 Å². The number of anilines is 1. The van der Waals surface area contributed by atoms with Crippen molar-refractivity contribution in [3.63, 3.8) is 0 Å². The molecular weight excluding hydrogens is 472 g/mol. The first-order valence-electron chi connectivity index (χ1n) is 10.9. The van der Waals surface area contributed by atoms with Gasteiger partial charge in [0.15, 0.2) is 5.75 Å². The number of ether oxygens (including phenoxy) is 2. The molecule has 7 nitrogen and oxygen atoms in total. The molecule has 1 N–H and O–H groups in total. The summed E-state index contributed by atoms with van der Waals surface area (Å²) in [5.41, 5.74) is 2.04. The number of methoxy groups -OCH3 is 1. The van der Waals surface area contributed by atoms with Gasteiger partial charge in [-0.2, -0.15) is 13.0 Å². The number of aromatic nitrogens is 1. The van der Waals surface area contributed by atoms with Crippen LogP contribution in [-0.4, -0.2) is 32.4 Å². The molecule has 0 aliphatic carbocycles. The lowest BCUT2D eigenvalue weighted by atomic mass is 10.1. The maximum absolute atomic E-state index is 11.1. The number of nitrogens with zero attached hydrogens (tertiary/aromatic N) is 2. The van der Waals surface area contributed by atoms with Gasteiger partial charge in [0, 0.05) is 12.6 Å². The van der Waals surface area contributed by atoms with E-state index in [1.54, 1.807) is 18.4 Å². The highest BCUT2D eigenvalue weighted by Crippen LogP contribution is 2.42. The second-order valence-corrected chi connectivity index (χ2v) is 10.8. The van der Waals surface area contributed by atoms with Crippen LogP contribution in [-0.2, 0) is 17.2 Å². The SMILES string of the molecule is COc1ccc2c(c1)N(CCCCS(=O)(=O)O)C(=Cc1sc3ccc4ccccc4c3[n+]1C)O2. The quantitative estimate of drug-likeness (QED) is 0.225. The Hall–Kier alpha value is -3.14. The lowest BCUT2D eigenvalue weighted by Gasteiger charge is -2.18. The molecule has 0 saturated heterocycles. The van der Waals surface area contributed by atoms with Gasteiger partial charge in [-0.1, -0.05) is 35.6 Å². The highest BCUT2D eigenvalue weighted by Gasteiger charge is 2.29. The third kappa shape index (κ3) is 4.34. The molecular formula is C25H25N2O5S2+. The van der Waals surface area contributed by atoms with Crippen molar-refractivity contribution < 1.29 is 27.0 Å². The molecule has 0 saturated carbocycles. The third-order valence-electron chi connectivity index (χ3n) is 5.96. The van der Waals surface area contributed by atoms with E-state index in [1.165, 1.54) is 21.0 Å². The number of hydrogen-bond acceptors (Lipinski definition) is 6. The van der Waals surface area contributed by atoms with Crippen molar-refractivity contribution in [1.29, 1.82) is 0 Å². The fourth-order valence-electron chi connectivity index (χ4n) is 4.29. The lowest BCUT2D eigenvalue weighted by molar-refractivity contribution is -0.641.